The van der Waals surface area contributed by atoms with Gasteiger partial charge in [-0.15, -0.1) is 0 Å². The van der Waals surface area contributed by atoms with Crippen molar-refractivity contribution in [3.63, 3.8) is 0 Å². The highest BCUT2D eigenvalue weighted by molar-refractivity contribution is 7.80. The third-order valence-corrected chi connectivity index (χ3v) is 4.64. The lowest BCUT2D eigenvalue weighted by atomic mass is 10.0. The first-order chi connectivity index (χ1) is 12.1. The van der Waals surface area contributed by atoms with Crippen molar-refractivity contribution in [3.8, 4) is 0 Å². The van der Waals surface area contributed by atoms with Crippen LogP contribution in [0, 0.1) is 6.92 Å². The van der Waals surface area contributed by atoms with Gasteiger partial charge in [-0.3, -0.25) is 9.69 Å². The second-order valence-corrected chi connectivity index (χ2v) is 6.37. The summed E-state index contributed by atoms with van der Waals surface area (Å²) in [4.78, 5) is 14.5. The molecular weight excluding hydrogens is 328 g/mol. The Morgan fingerprint density at radius 2 is 1.68 bits per heavy atom. The summed E-state index contributed by atoms with van der Waals surface area (Å²) in [6, 6.07) is 21.9. The highest BCUT2D eigenvalue weighted by Gasteiger charge is 2.32. The van der Waals surface area contributed by atoms with E-state index in [0.717, 1.165) is 27.6 Å². The molecule has 0 atom stereocenters. The Kier molecular flexibility index (Phi) is 3.82. The molecule has 3 nitrogen and oxygen atoms in total. The number of nitrogens with zero attached hydrogens (tertiary/aromatic N) is 1. The Hall–Kier alpha value is -2.98. The van der Waals surface area contributed by atoms with Crippen LogP contribution < -0.4 is 10.2 Å². The van der Waals surface area contributed by atoms with Crippen LogP contribution >= 0.6 is 12.2 Å². The van der Waals surface area contributed by atoms with E-state index in [1.54, 1.807) is 4.90 Å². The minimum Gasteiger partial charge on any atom is -0.327 e. The summed E-state index contributed by atoms with van der Waals surface area (Å²) in [6.45, 7) is 1.97. The molecule has 1 N–H and O–H groups in total. The van der Waals surface area contributed by atoms with Crippen LogP contribution in [0.4, 0.5) is 5.69 Å². The maximum Gasteiger partial charge on any atom is 0.281 e. The first kappa shape index (κ1) is 15.5. The van der Waals surface area contributed by atoms with Gasteiger partial charge in [0.1, 0.15) is 5.70 Å². The zero-order valence-corrected chi connectivity index (χ0v) is 14.5. The van der Waals surface area contributed by atoms with Gasteiger partial charge in [0.25, 0.3) is 5.91 Å². The average Bonchev–Trinajstić information content (AvgIpc) is 2.90. The number of rotatable bonds is 2. The van der Waals surface area contributed by atoms with Crippen LogP contribution in [-0.2, 0) is 4.79 Å². The molecule has 0 bridgehead atoms. The highest BCUT2D eigenvalue weighted by atomic mass is 32.1. The fourth-order valence-corrected chi connectivity index (χ4v) is 3.39. The van der Waals surface area contributed by atoms with Crippen LogP contribution in [0.1, 0.15) is 11.1 Å². The van der Waals surface area contributed by atoms with Crippen LogP contribution in [0.5, 0.6) is 0 Å². The van der Waals surface area contributed by atoms with Crippen LogP contribution in [-0.4, -0.2) is 11.0 Å². The maximum absolute atomic E-state index is 12.9. The number of thiocarbonyl (C=S) groups is 1. The van der Waals surface area contributed by atoms with Gasteiger partial charge in [-0.25, -0.2) is 0 Å². The third-order valence-electron chi connectivity index (χ3n) is 4.36. The number of carbonyl (C=O) groups is 1. The molecule has 0 aromatic heterocycles. The van der Waals surface area contributed by atoms with Gasteiger partial charge < -0.3 is 5.32 Å². The SMILES string of the molecule is Cc1ccccc1N1C(=O)/C(=C/c2cccc3ccccc23)NC1=S. The van der Waals surface area contributed by atoms with Crippen LogP contribution in [0.25, 0.3) is 16.8 Å². The number of benzene rings is 3. The molecule has 1 fully saturated rings. The van der Waals surface area contributed by atoms with Gasteiger partial charge in [0, 0.05) is 0 Å². The summed E-state index contributed by atoms with van der Waals surface area (Å²) < 4.78 is 0. The summed E-state index contributed by atoms with van der Waals surface area (Å²) in [5, 5.41) is 5.71. The Morgan fingerprint density at radius 1 is 0.960 bits per heavy atom. The lowest BCUT2D eigenvalue weighted by Crippen LogP contribution is -2.30. The second-order valence-electron chi connectivity index (χ2n) is 5.98. The van der Waals surface area contributed by atoms with Gasteiger partial charge in [0.2, 0.25) is 0 Å². The van der Waals surface area contributed by atoms with E-state index in [1.165, 1.54) is 0 Å². The van der Waals surface area contributed by atoms with Gasteiger partial charge in [0.15, 0.2) is 5.11 Å². The summed E-state index contributed by atoms with van der Waals surface area (Å²) in [6.07, 6.45) is 1.87. The minimum atomic E-state index is -0.132. The van der Waals surface area contributed by atoms with Crippen molar-refractivity contribution in [1.29, 1.82) is 0 Å². The van der Waals surface area contributed by atoms with Crippen LogP contribution in [0.3, 0.4) is 0 Å². The first-order valence-corrected chi connectivity index (χ1v) is 8.46. The molecule has 0 saturated carbocycles. The standard InChI is InChI=1S/C21H16N2OS/c1-14-7-2-5-12-19(14)23-20(24)18(22-21(23)25)13-16-10-6-9-15-8-3-4-11-17(15)16/h2-13H,1H3,(H,22,25)/b18-13-. The van der Waals surface area contributed by atoms with Crippen molar-refractivity contribution in [2.75, 3.05) is 4.90 Å². The number of fused-ring (bicyclic) bond motifs is 1. The molecule has 4 rings (SSSR count). The molecule has 1 aliphatic rings. The number of para-hydroxylation sites is 1. The average molecular weight is 344 g/mol. The van der Waals surface area contributed by atoms with E-state index in [0.29, 0.717) is 10.8 Å². The fraction of sp³-hybridized carbons (Fsp3) is 0.0476. The molecule has 4 heteroatoms. The molecule has 0 radical (unpaired) electrons. The normalized spacial score (nSPS) is 15.9. The molecule has 0 spiro atoms. The molecule has 1 saturated heterocycles. The van der Waals surface area contributed by atoms with E-state index in [1.807, 2.05) is 61.5 Å². The van der Waals surface area contributed by atoms with Gasteiger partial charge >= 0.3 is 0 Å². The van der Waals surface area contributed by atoms with E-state index < -0.39 is 0 Å². The zero-order valence-electron chi connectivity index (χ0n) is 13.7. The molecule has 0 aliphatic carbocycles. The molecular formula is C21H16N2OS. The molecule has 1 amide bonds. The van der Waals surface area contributed by atoms with Crippen molar-refractivity contribution < 1.29 is 4.79 Å². The summed E-state index contributed by atoms with van der Waals surface area (Å²) >= 11 is 5.40. The zero-order chi connectivity index (χ0) is 17.4. The Balaban J connectivity index is 1.77. The number of amides is 1. The summed E-state index contributed by atoms with van der Waals surface area (Å²) in [7, 11) is 0. The molecule has 25 heavy (non-hydrogen) atoms. The molecule has 1 aliphatic heterocycles. The summed E-state index contributed by atoms with van der Waals surface area (Å²) in [5.74, 6) is -0.132. The van der Waals surface area contributed by atoms with E-state index in [9.17, 15) is 4.79 Å². The minimum absolute atomic E-state index is 0.132. The lowest BCUT2D eigenvalue weighted by molar-refractivity contribution is -0.113. The predicted octanol–water partition coefficient (Wildman–Crippen LogP) is 4.41. The van der Waals surface area contributed by atoms with Crippen LogP contribution in [0.2, 0.25) is 0 Å². The first-order valence-electron chi connectivity index (χ1n) is 8.06. The topological polar surface area (TPSA) is 32.3 Å². The van der Waals surface area contributed by atoms with Gasteiger partial charge in [0.05, 0.1) is 5.69 Å². The van der Waals surface area contributed by atoms with Crippen molar-refractivity contribution in [2.24, 2.45) is 0 Å². The van der Waals surface area contributed by atoms with E-state index in [4.69, 9.17) is 12.2 Å². The largest absolute Gasteiger partial charge is 0.327 e. The van der Waals surface area contributed by atoms with Crippen molar-refractivity contribution in [3.05, 3.63) is 83.6 Å². The maximum atomic E-state index is 12.9. The molecule has 1 heterocycles. The van der Waals surface area contributed by atoms with E-state index >= 15 is 0 Å². The van der Waals surface area contributed by atoms with Gasteiger partial charge in [-0.05, 0) is 53.2 Å². The van der Waals surface area contributed by atoms with E-state index in [-0.39, 0.29) is 5.91 Å². The number of nitrogens with one attached hydrogen (secondary N) is 1. The van der Waals surface area contributed by atoms with Crippen molar-refractivity contribution in [1.82, 2.24) is 5.32 Å². The molecule has 0 unspecified atom stereocenters. The lowest BCUT2D eigenvalue weighted by Gasteiger charge is -2.16. The number of aryl methyl sites for hydroxylation is 1. The number of hydrogen-bond donors (Lipinski definition) is 1. The number of anilines is 1. The van der Waals surface area contributed by atoms with Gasteiger partial charge in [-0.2, -0.15) is 0 Å². The smallest absolute Gasteiger partial charge is 0.281 e. The number of hydrogen-bond acceptors (Lipinski definition) is 2. The second kappa shape index (κ2) is 6.15. The highest BCUT2D eigenvalue weighted by Crippen LogP contribution is 2.27. The Labute approximate surface area is 151 Å². The van der Waals surface area contributed by atoms with Crippen LogP contribution in [0.15, 0.2) is 72.4 Å². The molecule has 3 aromatic carbocycles. The molecule has 3 aromatic rings. The number of carbonyl (C=O) groups excluding carboxylic acids is 1. The summed E-state index contributed by atoms with van der Waals surface area (Å²) in [5.41, 5.74) is 3.30. The third kappa shape index (κ3) is 2.71. The van der Waals surface area contributed by atoms with E-state index in [2.05, 4.69) is 23.5 Å². The Bertz CT molecular complexity index is 1030. The Morgan fingerprint density at radius 3 is 2.52 bits per heavy atom. The molecule has 122 valence electrons. The quantitative estimate of drug-likeness (QED) is 0.552. The monoisotopic (exact) mass is 344 g/mol. The fourth-order valence-electron chi connectivity index (χ4n) is 3.10. The van der Waals surface area contributed by atoms with Gasteiger partial charge in [-0.1, -0.05) is 60.7 Å². The van der Waals surface area contributed by atoms with Crippen molar-refractivity contribution >= 4 is 45.8 Å². The predicted molar refractivity (Wildman–Crippen MR) is 106 cm³/mol. The van der Waals surface area contributed by atoms with Crippen molar-refractivity contribution in [2.45, 2.75) is 6.92 Å².